The topological polar surface area (TPSA) is 45.2 Å². The van der Waals surface area contributed by atoms with Crippen molar-refractivity contribution in [3.8, 4) is 11.3 Å². The van der Waals surface area contributed by atoms with E-state index in [1.165, 1.54) is 22.3 Å². The first-order valence-corrected chi connectivity index (χ1v) is 7.98. The van der Waals surface area contributed by atoms with E-state index >= 15 is 0 Å². The van der Waals surface area contributed by atoms with Crippen molar-refractivity contribution in [1.29, 1.82) is 0 Å². The Morgan fingerprint density at radius 1 is 1.50 bits per heavy atom. The summed E-state index contributed by atoms with van der Waals surface area (Å²) in [6.07, 6.45) is 0. The molecule has 7 heteroatoms. The molecule has 4 nitrogen and oxygen atoms in total. The highest BCUT2D eigenvalue weighted by molar-refractivity contribution is 7.10. The standard InChI is InChI=1S/C15H17ClFN3OS/c1-9(18-7-14(21)20(2)3)15-19-13(8-22-15)10-4-5-12(17)11(16)6-10/h4-6,8-9,18H,7H2,1-3H3/t9-/m0/s1. The number of rotatable bonds is 5. The van der Waals surface area contributed by atoms with Gasteiger partial charge in [-0.05, 0) is 25.1 Å². The zero-order valence-corrected chi connectivity index (χ0v) is 14.1. The van der Waals surface area contributed by atoms with E-state index in [1.807, 2.05) is 12.3 Å². The fourth-order valence-electron chi connectivity index (χ4n) is 1.76. The Balaban J connectivity index is 2.07. The zero-order chi connectivity index (χ0) is 16.3. The summed E-state index contributed by atoms with van der Waals surface area (Å²) in [5.41, 5.74) is 1.51. The lowest BCUT2D eigenvalue weighted by Crippen LogP contribution is -2.34. The highest BCUT2D eigenvalue weighted by atomic mass is 35.5. The van der Waals surface area contributed by atoms with Crippen LogP contribution in [0.15, 0.2) is 23.6 Å². The van der Waals surface area contributed by atoms with Crippen LogP contribution in [0.3, 0.4) is 0 Å². The number of benzene rings is 1. The number of hydrogen-bond donors (Lipinski definition) is 1. The summed E-state index contributed by atoms with van der Waals surface area (Å²) in [4.78, 5) is 17.6. The molecule has 0 spiro atoms. The van der Waals surface area contributed by atoms with Crippen LogP contribution in [0, 0.1) is 5.82 Å². The molecular formula is C15H17ClFN3OS. The van der Waals surface area contributed by atoms with E-state index in [2.05, 4.69) is 10.3 Å². The maximum atomic E-state index is 13.2. The third-order valence-corrected chi connectivity index (χ3v) is 4.48. The largest absolute Gasteiger partial charge is 0.348 e. The Labute approximate surface area is 137 Å². The van der Waals surface area contributed by atoms with Crippen LogP contribution in [0.4, 0.5) is 4.39 Å². The van der Waals surface area contributed by atoms with Gasteiger partial charge in [-0.15, -0.1) is 11.3 Å². The fourth-order valence-corrected chi connectivity index (χ4v) is 2.80. The molecular weight excluding hydrogens is 325 g/mol. The smallest absolute Gasteiger partial charge is 0.236 e. The molecule has 1 heterocycles. The number of aromatic nitrogens is 1. The predicted molar refractivity (Wildman–Crippen MR) is 87.6 cm³/mol. The molecule has 2 aromatic rings. The van der Waals surface area contributed by atoms with E-state index in [-0.39, 0.29) is 23.5 Å². The van der Waals surface area contributed by atoms with Crippen molar-refractivity contribution < 1.29 is 9.18 Å². The van der Waals surface area contributed by atoms with E-state index in [0.717, 1.165) is 16.3 Å². The third kappa shape index (κ3) is 4.03. The van der Waals surface area contributed by atoms with Crippen molar-refractivity contribution in [3.63, 3.8) is 0 Å². The van der Waals surface area contributed by atoms with Crippen LogP contribution in [-0.4, -0.2) is 36.4 Å². The van der Waals surface area contributed by atoms with Crippen molar-refractivity contribution in [2.24, 2.45) is 0 Å². The first kappa shape index (κ1) is 16.9. The Morgan fingerprint density at radius 3 is 2.86 bits per heavy atom. The molecule has 1 atom stereocenters. The minimum atomic E-state index is -0.446. The van der Waals surface area contributed by atoms with E-state index in [0.29, 0.717) is 0 Å². The number of carbonyl (C=O) groups is 1. The van der Waals surface area contributed by atoms with Gasteiger partial charge in [-0.25, -0.2) is 9.37 Å². The van der Waals surface area contributed by atoms with E-state index in [1.54, 1.807) is 26.2 Å². The molecule has 2 rings (SSSR count). The van der Waals surface area contributed by atoms with Gasteiger partial charge in [0.15, 0.2) is 0 Å². The van der Waals surface area contributed by atoms with E-state index in [9.17, 15) is 9.18 Å². The maximum absolute atomic E-state index is 13.2. The maximum Gasteiger partial charge on any atom is 0.236 e. The lowest BCUT2D eigenvalue weighted by atomic mass is 10.2. The minimum Gasteiger partial charge on any atom is -0.348 e. The molecule has 1 amide bonds. The average Bonchev–Trinajstić information content (AvgIpc) is 2.97. The molecule has 118 valence electrons. The molecule has 0 aliphatic rings. The second kappa shape index (κ2) is 7.17. The highest BCUT2D eigenvalue weighted by Crippen LogP contribution is 2.28. The molecule has 0 bridgehead atoms. The monoisotopic (exact) mass is 341 g/mol. The van der Waals surface area contributed by atoms with Crippen molar-refractivity contribution >= 4 is 28.8 Å². The summed E-state index contributed by atoms with van der Waals surface area (Å²) in [5.74, 6) is -0.438. The van der Waals surface area contributed by atoms with Gasteiger partial charge < -0.3 is 4.90 Å². The second-order valence-corrected chi connectivity index (χ2v) is 6.39. The Kier molecular flexibility index (Phi) is 5.50. The van der Waals surface area contributed by atoms with Crippen molar-refractivity contribution in [3.05, 3.63) is 39.4 Å². The van der Waals surface area contributed by atoms with Crippen LogP contribution in [0.2, 0.25) is 5.02 Å². The molecule has 0 aliphatic heterocycles. The Morgan fingerprint density at radius 2 is 2.23 bits per heavy atom. The quantitative estimate of drug-likeness (QED) is 0.907. The number of amides is 1. The summed E-state index contributed by atoms with van der Waals surface area (Å²) in [7, 11) is 3.43. The van der Waals surface area contributed by atoms with Crippen LogP contribution < -0.4 is 5.32 Å². The van der Waals surface area contributed by atoms with Gasteiger partial charge in [0, 0.05) is 25.0 Å². The van der Waals surface area contributed by atoms with E-state index < -0.39 is 5.82 Å². The van der Waals surface area contributed by atoms with Gasteiger partial charge in [-0.3, -0.25) is 10.1 Å². The first-order chi connectivity index (χ1) is 10.4. The first-order valence-electron chi connectivity index (χ1n) is 6.73. The molecule has 0 fully saturated rings. The third-order valence-electron chi connectivity index (χ3n) is 3.17. The second-order valence-electron chi connectivity index (χ2n) is 5.09. The normalized spacial score (nSPS) is 12.2. The zero-order valence-electron chi connectivity index (χ0n) is 12.6. The fraction of sp³-hybridized carbons (Fsp3) is 0.333. The van der Waals surface area contributed by atoms with Gasteiger partial charge in [0.2, 0.25) is 5.91 Å². The lowest BCUT2D eigenvalue weighted by Gasteiger charge is -2.14. The average molecular weight is 342 g/mol. The van der Waals surface area contributed by atoms with Crippen LogP contribution in [0.1, 0.15) is 18.0 Å². The molecule has 0 aliphatic carbocycles. The summed E-state index contributed by atoms with van der Waals surface area (Å²) in [5, 5.41) is 5.97. The van der Waals surface area contributed by atoms with Crippen LogP contribution in [0.25, 0.3) is 11.3 Å². The van der Waals surface area contributed by atoms with Crippen LogP contribution >= 0.6 is 22.9 Å². The predicted octanol–water partition coefficient (Wildman–Crippen LogP) is 3.34. The molecule has 22 heavy (non-hydrogen) atoms. The van der Waals surface area contributed by atoms with Crippen molar-refractivity contribution in [2.45, 2.75) is 13.0 Å². The lowest BCUT2D eigenvalue weighted by molar-refractivity contribution is -0.127. The molecule has 1 aromatic carbocycles. The van der Waals surface area contributed by atoms with Gasteiger partial charge in [0.25, 0.3) is 0 Å². The summed E-state index contributed by atoms with van der Waals surface area (Å²) < 4.78 is 13.2. The Bertz CT molecular complexity index is 675. The van der Waals surface area contributed by atoms with E-state index in [4.69, 9.17) is 11.6 Å². The number of carbonyl (C=O) groups excluding carboxylic acids is 1. The number of nitrogens with zero attached hydrogens (tertiary/aromatic N) is 2. The number of likely N-dealkylation sites (N-methyl/N-ethyl adjacent to an activating group) is 1. The van der Waals surface area contributed by atoms with Crippen molar-refractivity contribution in [1.82, 2.24) is 15.2 Å². The summed E-state index contributed by atoms with van der Waals surface area (Å²) in [6.45, 7) is 2.20. The number of halogens is 2. The number of thiazole rings is 1. The molecule has 0 saturated heterocycles. The molecule has 1 aromatic heterocycles. The number of hydrogen-bond acceptors (Lipinski definition) is 4. The van der Waals surface area contributed by atoms with Gasteiger partial charge in [-0.2, -0.15) is 0 Å². The molecule has 0 unspecified atom stereocenters. The van der Waals surface area contributed by atoms with Crippen LogP contribution in [-0.2, 0) is 4.79 Å². The summed E-state index contributed by atoms with van der Waals surface area (Å²) in [6, 6.07) is 4.49. The SMILES string of the molecule is C[C@H](NCC(=O)N(C)C)c1nc(-c2ccc(F)c(Cl)c2)cs1. The highest BCUT2D eigenvalue weighted by Gasteiger charge is 2.14. The minimum absolute atomic E-state index is 0.00828. The van der Waals surface area contributed by atoms with Gasteiger partial charge in [0.05, 0.1) is 23.3 Å². The Hall–Kier alpha value is -1.50. The molecule has 0 radical (unpaired) electrons. The number of nitrogens with one attached hydrogen (secondary N) is 1. The summed E-state index contributed by atoms with van der Waals surface area (Å²) >= 11 is 7.28. The molecule has 1 N–H and O–H groups in total. The molecule has 0 saturated carbocycles. The van der Waals surface area contributed by atoms with Gasteiger partial charge >= 0.3 is 0 Å². The van der Waals surface area contributed by atoms with Crippen molar-refractivity contribution in [2.75, 3.05) is 20.6 Å². The van der Waals surface area contributed by atoms with Gasteiger partial charge in [0.1, 0.15) is 10.8 Å². The van der Waals surface area contributed by atoms with Gasteiger partial charge in [-0.1, -0.05) is 11.6 Å². The van der Waals surface area contributed by atoms with Crippen LogP contribution in [0.5, 0.6) is 0 Å².